The number of halogens is 1. The third kappa shape index (κ3) is 7.33. The van der Waals surface area contributed by atoms with E-state index in [0.29, 0.717) is 38.0 Å². The fourth-order valence-corrected chi connectivity index (χ4v) is 3.42. The van der Waals surface area contributed by atoms with Gasteiger partial charge in [-0.05, 0) is 38.3 Å². The average Bonchev–Trinajstić information content (AvgIpc) is 2.51. The van der Waals surface area contributed by atoms with E-state index >= 15 is 0 Å². The Balaban J connectivity index is 2.60. The van der Waals surface area contributed by atoms with Crippen LogP contribution in [0.25, 0.3) is 0 Å². The minimum Gasteiger partial charge on any atom is -0.469 e. The maximum atomic E-state index is 12.3. The third-order valence-corrected chi connectivity index (χ3v) is 4.98. The molecular weight excluding hydrogens is 340 g/mol. The van der Waals surface area contributed by atoms with Gasteiger partial charge in [0.25, 0.3) is 10.1 Å². The molecule has 1 aromatic rings. The summed E-state index contributed by atoms with van der Waals surface area (Å²) in [4.78, 5) is 11.2. The summed E-state index contributed by atoms with van der Waals surface area (Å²) in [6.07, 6.45) is 2.07. The highest BCUT2D eigenvalue weighted by Gasteiger charge is 2.21. The largest absolute Gasteiger partial charge is 0.469 e. The molecule has 0 saturated carbocycles. The molecule has 0 aliphatic carbocycles. The first-order chi connectivity index (χ1) is 10.9. The molecule has 5 nitrogen and oxygen atoms in total. The number of alkyl halides is 1. The third-order valence-electron chi connectivity index (χ3n) is 3.39. The van der Waals surface area contributed by atoms with Crippen LogP contribution in [0.1, 0.15) is 37.7 Å². The monoisotopic (exact) mass is 362 g/mol. The molecule has 0 fully saturated rings. The average molecular weight is 363 g/mol. The van der Waals surface area contributed by atoms with Crippen LogP contribution in [-0.4, -0.2) is 33.5 Å². The van der Waals surface area contributed by atoms with Crippen LogP contribution in [0.5, 0.6) is 0 Å². The number of esters is 1. The topological polar surface area (TPSA) is 69.7 Å². The molecule has 0 radical (unpaired) electrons. The highest BCUT2D eigenvalue weighted by molar-refractivity contribution is 7.86. The van der Waals surface area contributed by atoms with Gasteiger partial charge in [-0.1, -0.05) is 24.1 Å². The van der Waals surface area contributed by atoms with Crippen molar-refractivity contribution in [1.29, 1.82) is 0 Å². The van der Waals surface area contributed by atoms with E-state index in [0.717, 1.165) is 5.56 Å². The quantitative estimate of drug-likeness (QED) is 0.276. The normalized spacial score (nSPS) is 12.8. The van der Waals surface area contributed by atoms with Crippen LogP contribution in [0.15, 0.2) is 29.2 Å². The van der Waals surface area contributed by atoms with Crippen molar-refractivity contribution in [2.45, 2.75) is 50.0 Å². The van der Waals surface area contributed by atoms with Crippen molar-refractivity contribution in [1.82, 2.24) is 0 Å². The molecule has 1 atom stereocenters. The number of unbranched alkanes of at least 4 members (excludes halogenated alkanes) is 1. The molecule has 0 amide bonds. The Bertz CT molecular complexity index is 583. The van der Waals surface area contributed by atoms with Gasteiger partial charge in [0, 0.05) is 12.3 Å². The number of carbonyl (C=O) groups excluding carboxylic acids is 1. The summed E-state index contributed by atoms with van der Waals surface area (Å²) < 4.78 is 34.4. The van der Waals surface area contributed by atoms with Gasteiger partial charge < -0.3 is 4.74 Å². The molecule has 23 heavy (non-hydrogen) atoms. The summed E-state index contributed by atoms with van der Waals surface area (Å²) in [6, 6.07) is 6.51. The van der Waals surface area contributed by atoms with Crippen molar-refractivity contribution >= 4 is 27.7 Å². The lowest BCUT2D eigenvalue weighted by atomic mass is 10.1. The Morgan fingerprint density at radius 1 is 1.17 bits per heavy atom. The van der Waals surface area contributed by atoms with Gasteiger partial charge in [0.05, 0.1) is 18.1 Å². The summed E-state index contributed by atoms with van der Waals surface area (Å²) in [5.41, 5.74) is 0.976. The number of aryl methyl sites for hydroxylation is 1. The zero-order valence-electron chi connectivity index (χ0n) is 13.5. The first kappa shape index (κ1) is 19.9. The van der Waals surface area contributed by atoms with E-state index in [9.17, 15) is 13.2 Å². The number of rotatable bonds is 10. The van der Waals surface area contributed by atoms with E-state index in [1.165, 1.54) is 19.2 Å². The summed E-state index contributed by atoms with van der Waals surface area (Å²) in [5, 5.41) is 0. The molecule has 1 aromatic carbocycles. The van der Waals surface area contributed by atoms with Crippen molar-refractivity contribution in [2.24, 2.45) is 0 Å². The molecule has 0 aromatic heterocycles. The molecule has 130 valence electrons. The molecule has 0 bridgehead atoms. The molecule has 0 spiro atoms. The van der Waals surface area contributed by atoms with Crippen LogP contribution in [0.4, 0.5) is 0 Å². The number of methoxy groups -OCH3 is 1. The summed E-state index contributed by atoms with van der Waals surface area (Å²) in [5.74, 6) is 0.0394. The Kier molecular flexibility index (Phi) is 8.58. The van der Waals surface area contributed by atoms with E-state index in [4.69, 9.17) is 15.8 Å². The zero-order chi connectivity index (χ0) is 17.3. The van der Waals surface area contributed by atoms with E-state index in [1.807, 2.05) is 6.92 Å². The van der Waals surface area contributed by atoms with E-state index in [-0.39, 0.29) is 10.9 Å². The van der Waals surface area contributed by atoms with Crippen LogP contribution in [0.3, 0.4) is 0 Å². The molecule has 1 unspecified atom stereocenters. The highest BCUT2D eigenvalue weighted by Crippen LogP contribution is 2.20. The van der Waals surface area contributed by atoms with E-state index in [1.54, 1.807) is 12.1 Å². The number of carbonyl (C=O) groups is 1. The Morgan fingerprint density at radius 2 is 1.83 bits per heavy atom. The van der Waals surface area contributed by atoms with Crippen molar-refractivity contribution in [3.8, 4) is 0 Å². The van der Waals surface area contributed by atoms with Crippen molar-refractivity contribution in [3.63, 3.8) is 0 Å². The number of ether oxygens (including phenoxy) is 1. The maximum absolute atomic E-state index is 12.3. The fraction of sp³-hybridized carbons (Fsp3) is 0.562. The minimum absolute atomic E-state index is 0.136. The van der Waals surface area contributed by atoms with Gasteiger partial charge in [0.15, 0.2) is 0 Å². The van der Waals surface area contributed by atoms with E-state index < -0.39 is 16.2 Å². The van der Waals surface area contributed by atoms with Crippen molar-refractivity contribution in [2.75, 3.05) is 13.0 Å². The van der Waals surface area contributed by atoms with Gasteiger partial charge in [-0.15, -0.1) is 11.6 Å². The Hall–Kier alpha value is -1.11. The maximum Gasteiger partial charge on any atom is 0.305 e. The number of hydrogen-bond donors (Lipinski definition) is 0. The fourth-order valence-electron chi connectivity index (χ4n) is 2.05. The number of benzene rings is 1. The lowest BCUT2D eigenvalue weighted by Gasteiger charge is -2.16. The highest BCUT2D eigenvalue weighted by atomic mass is 35.5. The molecule has 0 aliphatic heterocycles. The molecule has 0 aliphatic rings. The van der Waals surface area contributed by atoms with Crippen LogP contribution in [0.2, 0.25) is 0 Å². The van der Waals surface area contributed by atoms with Gasteiger partial charge in [-0.2, -0.15) is 8.42 Å². The summed E-state index contributed by atoms with van der Waals surface area (Å²) >= 11 is 5.73. The molecule has 0 saturated heterocycles. The minimum atomic E-state index is -3.81. The number of hydrogen-bond acceptors (Lipinski definition) is 5. The summed E-state index contributed by atoms with van der Waals surface area (Å²) in [7, 11) is -2.46. The van der Waals surface area contributed by atoms with Crippen molar-refractivity contribution < 1.29 is 22.1 Å². The molecule has 0 heterocycles. The second kappa shape index (κ2) is 9.90. The Morgan fingerprint density at radius 3 is 2.39 bits per heavy atom. The predicted molar refractivity (Wildman–Crippen MR) is 89.1 cm³/mol. The predicted octanol–water partition coefficient (Wildman–Crippen LogP) is 3.43. The lowest BCUT2D eigenvalue weighted by Crippen LogP contribution is -2.19. The first-order valence-electron chi connectivity index (χ1n) is 7.52. The van der Waals surface area contributed by atoms with Crippen LogP contribution in [-0.2, 0) is 23.8 Å². The van der Waals surface area contributed by atoms with Gasteiger partial charge >= 0.3 is 5.97 Å². The molecule has 7 heteroatoms. The smallest absolute Gasteiger partial charge is 0.305 e. The molecule has 1 rings (SSSR count). The second-order valence-corrected chi connectivity index (χ2v) is 7.24. The van der Waals surface area contributed by atoms with E-state index in [2.05, 4.69) is 4.74 Å². The molecule has 0 N–H and O–H groups in total. The van der Waals surface area contributed by atoms with Gasteiger partial charge in [0.2, 0.25) is 0 Å². The lowest BCUT2D eigenvalue weighted by molar-refractivity contribution is -0.140. The van der Waals surface area contributed by atoms with Crippen LogP contribution >= 0.6 is 11.6 Å². The zero-order valence-corrected chi connectivity index (χ0v) is 15.0. The second-order valence-electron chi connectivity index (χ2n) is 5.28. The van der Waals surface area contributed by atoms with Crippen LogP contribution < -0.4 is 0 Å². The van der Waals surface area contributed by atoms with Gasteiger partial charge in [0.1, 0.15) is 0 Å². The van der Waals surface area contributed by atoms with Crippen LogP contribution in [0, 0.1) is 6.92 Å². The SMILES string of the molecule is COC(=O)CCCCC(CCCl)OS(=O)(=O)c1ccc(C)cc1. The van der Waals surface area contributed by atoms with Gasteiger partial charge in [-0.25, -0.2) is 0 Å². The first-order valence-corrected chi connectivity index (χ1v) is 9.46. The standard InChI is InChI=1S/C16H23ClO5S/c1-13-7-9-15(10-8-13)23(19,20)22-14(11-12-17)5-3-4-6-16(18)21-2/h7-10,14H,3-6,11-12H2,1-2H3. The molecular formula is C16H23ClO5S. The Labute approximate surface area is 143 Å². The van der Waals surface area contributed by atoms with Gasteiger partial charge in [-0.3, -0.25) is 8.98 Å². The van der Waals surface area contributed by atoms with Crippen molar-refractivity contribution in [3.05, 3.63) is 29.8 Å². The summed E-state index contributed by atoms with van der Waals surface area (Å²) in [6.45, 7) is 1.88.